The number of alkyl halides is 3. The molecule has 0 spiro atoms. The van der Waals surface area contributed by atoms with Crippen LogP contribution in [0.1, 0.15) is 140 Å². The molecule has 111 heavy (non-hydrogen) atoms. The summed E-state index contributed by atoms with van der Waals surface area (Å²) < 4.78 is 109. The monoisotopic (exact) mass is 1570 g/mol. The first kappa shape index (κ1) is 89.7. The molecule has 3 unspecified atom stereocenters. The molecule has 4 amide bonds. The van der Waals surface area contributed by atoms with Gasteiger partial charge < -0.3 is 77.1 Å². The SMILES string of the molecule is C.CCc1c2c(nc3ccc(O)cc13)-c1cc3c(c(=O)n1C2)COC(=O)C3(CC)OC(=O)OCC(NC(=O)C(CCCCNC(=O)C(F)(F)F)CC(=O)COCC(=O)CCCOCCOCCOCCOCCOCCOCCOCCOCCn1cc(CCC(=O)C2CCC(CN3C(=O)C=CC3=O)CC2)nn1)C(C)C. The average molecular weight is 1570 g/mol. The number of halogens is 3. The van der Waals surface area contributed by atoms with Gasteiger partial charge in [0.05, 0.1) is 146 Å². The molecule has 3 aliphatic heterocycles. The van der Waals surface area contributed by atoms with Gasteiger partial charge in [-0.05, 0) is 99.5 Å². The molecule has 4 aliphatic rings. The molecule has 1 aliphatic carbocycles. The second-order valence-electron chi connectivity index (χ2n) is 27.6. The van der Waals surface area contributed by atoms with Crippen molar-refractivity contribution in [1.82, 2.24) is 40.1 Å². The van der Waals surface area contributed by atoms with Crippen molar-refractivity contribution in [2.75, 3.05) is 139 Å². The lowest BCUT2D eigenvalue weighted by Gasteiger charge is -2.35. The number of phenols is 1. The van der Waals surface area contributed by atoms with Gasteiger partial charge in [-0.25, -0.2) is 19.3 Å². The summed E-state index contributed by atoms with van der Waals surface area (Å²) in [7, 11) is 0. The number of hydrogen-bond acceptors (Lipinski definition) is 26. The summed E-state index contributed by atoms with van der Waals surface area (Å²) >= 11 is 0. The summed E-state index contributed by atoms with van der Waals surface area (Å²) in [5, 5.41) is 23.9. The Morgan fingerprint density at radius 1 is 0.730 bits per heavy atom. The minimum absolute atomic E-state index is 0. The number of nitrogens with one attached hydrogen (secondary N) is 2. The second-order valence-corrected chi connectivity index (χ2v) is 27.6. The third-order valence-electron chi connectivity index (χ3n) is 19.4. The van der Waals surface area contributed by atoms with E-state index >= 15 is 0 Å². The molecule has 0 bridgehead atoms. The smallest absolute Gasteiger partial charge is 0.508 e. The number of pyridine rings is 2. The number of aromatic hydroxyl groups is 1. The number of aromatic nitrogens is 5. The highest BCUT2D eigenvalue weighted by atomic mass is 19.4. The molecule has 1 fully saturated rings. The third kappa shape index (κ3) is 27.4. The maximum atomic E-state index is 14.2. The van der Waals surface area contributed by atoms with Crippen molar-refractivity contribution in [1.29, 1.82) is 0 Å². The Labute approximate surface area is 642 Å². The molecule has 34 heteroatoms. The van der Waals surface area contributed by atoms with Crippen LogP contribution in [0, 0.1) is 23.7 Å². The molecular weight excluding hydrogens is 1460 g/mol. The number of imide groups is 1. The van der Waals surface area contributed by atoms with Gasteiger partial charge in [-0.15, -0.1) is 5.10 Å². The van der Waals surface area contributed by atoms with Gasteiger partial charge in [0.1, 0.15) is 38.0 Å². The number of carbonyl (C=O) groups is 9. The molecule has 614 valence electrons. The lowest BCUT2D eigenvalue weighted by Crippen LogP contribution is -2.48. The Bertz CT molecular complexity index is 3820. The number of Topliss-reactive ketones (excluding diaryl/α,β-unsaturated/α-hetero) is 3. The van der Waals surface area contributed by atoms with E-state index in [4.69, 9.17) is 61.8 Å². The summed E-state index contributed by atoms with van der Waals surface area (Å²) in [6, 6.07) is 5.48. The fraction of sp³-hybridized carbons (Fsp3) is 0.649. The second kappa shape index (κ2) is 45.9. The molecule has 1 saturated carbocycles. The molecular formula is C77H107F3N8O23. The van der Waals surface area contributed by atoms with E-state index in [2.05, 4.69) is 15.6 Å². The van der Waals surface area contributed by atoms with Crippen LogP contribution < -0.4 is 16.2 Å². The Morgan fingerprint density at radius 3 is 1.93 bits per heavy atom. The Hall–Kier alpha value is -8.48. The molecule has 0 radical (unpaired) electrons. The van der Waals surface area contributed by atoms with E-state index in [1.807, 2.05) is 13.1 Å². The van der Waals surface area contributed by atoms with Crippen molar-refractivity contribution >= 4 is 64.0 Å². The van der Waals surface area contributed by atoms with Crippen molar-refractivity contribution in [2.24, 2.45) is 23.7 Å². The van der Waals surface area contributed by atoms with Crippen LogP contribution in [-0.2, 0) is 133 Å². The summed E-state index contributed by atoms with van der Waals surface area (Å²) in [6.07, 6.45) is 2.63. The van der Waals surface area contributed by atoms with Gasteiger partial charge in [0, 0.05) is 92.1 Å². The third-order valence-corrected chi connectivity index (χ3v) is 19.4. The number of nitrogens with zero attached hydrogens (tertiary/aromatic N) is 6. The molecule has 8 rings (SSSR count). The first-order chi connectivity index (χ1) is 53.0. The Kier molecular flexibility index (Phi) is 37.1. The lowest BCUT2D eigenvalue weighted by atomic mass is 9.79. The molecule has 3 atom stereocenters. The Balaban J connectivity index is 0.0000171. The van der Waals surface area contributed by atoms with Gasteiger partial charge in [-0.1, -0.05) is 46.8 Å². The topological polar surface area (TPSA) is 378 Å². The molecule has 4 aromatic rings. The highest BCUT2D eigenvalue weighted by Crippen LogP contribution is 2.43. The van der Waals surface area contributed by atoms with Gasteiger partial charge in [-0.3, -0.25) is 43.3 Å². The zero-order valence-corrected chi connectivity index (χ0v) is 63.0. The van der Waals surface area contributed by atoms with E-state index in [0.29, 0.717) is 148 Å². The lowest BCUT2D eigenvalue weighted by molar-refractivity contribution is -0.175. The van der Waals surface area contributed by atoms with Gasteiger partial charge >= 0.3 is 24.2 Å². The number of cyclic esters (lactones) is 1. The quantitative estimate of drug-likeness (QED) is 0.0206. The first-order valence-corrected chi connectivity index (χ1v) is 37.8. The number of unbranched alkanes of at least 4 members (excludes halogenated alkanes) is 1. The van der Waals surface area contributed by atoms with Crippen LogP contribution in [0.4, 0.5) is 18.0 Å². The number of benzene rings is 1. The van der Waals surface area contributed by atoms with Gasteiger partial charge in [0.25, 0.3) is 17.4 Å². The zero-order valence-electron chi connectivity index (χ0n) is 63.0. The summed E-state index contributed by atoms with van der Waals surface area (Å²) in [5.74, 6) is -6.13. The van der Waals surface area contributed by atoms with Crippen molar-refractivity contribution in [3.63, 3.8) is 0 Å². The number of aryl methyl sites for hydroxylation is 2. The highest BCUT2D eigenvalue weighted by Gasteiger charge is 2.51. The largest absolute Gasteiger partial charge is 0.509 e. The van der Waals surface area contributed by atoms with E-state index in [1.165, 1.54) is 27.7 Å². The predicted octanol–water partition coefficient (Wildman–Crippen LogP) is 6.73. The Morgan fingerprint density at radius 2 is 1.33 bits per heavy atom. The van der Waals surface area contributed by atoms with Crippen molar-refractivity contribution in [2.45, 2.75) is 163 Å². The fourth-order valence-corrected chi connectivity index (χ4v) is 13.3. The van der Waals surface area contributed by atoms with Crippen LogP contribution in [0.25, 0.3) is 22.3 Å². The number of phenolic OH excluding ortho intramolecular Hbond substituents is 1. The van der Waals surface area contributed by atoms with E-state index < -0.39 is 97.8 Å². The average Bonchev–Trinajstić information content (AvgIpc) is 1.61. The summed E-state index contributed by atoms with van der Waals surface area (Å²) in [4.78, 5) is 136. The fourth-order valence-electron chi connectivity index (χ4n) is 13.3. The van der Waals surface area contributed by atoms with Gasteiger partial charge in [-0.2, -0.15) is 13.2 Å². The van der Waals surface area contributed by atoms with Gasteiger partial charge in [0.15, 0.2) is 11.6 Å². The number of amides is 4. The maximum absolute atomic E-state index is 14.2. The van der Waals surface area contributed by atoms with E-state index in [1.54, 1.807) is 49.0 Å². The van der Waals surface area contributed by atoms with Crippen LogP contribution in [0.3, 0.4) is 0 Å². The molecule has 31 nitrogen and oxygen atoms in total. The van der Waals surface area contributed by atoms with Crippen LogP contribution in [0.2, 0.25) is 0 Å². The number of hydrogen-bond donors (Lipinski definition) is 3. The van der Waals surface area contributed by atoms with E-state index in [9.17, 15) is 66.2 Å². The number of esters is 1. The molecule has 6 heterocycles. The number of rotatable bonds is 53. The van der Waals surface area contributed by atoms with E-state index in [0.717, 1.165) is 47.9 Å². The van der Waals surface area contributed by atoms with E-state index in [-0.39, 0.29) is 118 Å². The minimum atomic E-state index is -5.10. The molecule has 1 aromatic carbocycles. The van der Waals surface area contributed by atoms with Crippen molar-refractivity contribution < 1.29 is 118 Å². The molecule has 3 aromatic heterocycles. The predicted molar refractivity (Wildman–Crippen MR) is 392 cm³/mol. The molecule has 0 saturated heterocycles. The standard InChI is InChI=1S/C76H103F3N8O23.CH4/c1-5-58-59-41-55(88)17-18-63(59)81-69-60(58)45-86-65(69)42-62-61(71(86)95)48-108-73(97)75(62,6-2)110-74(98)109-49-64(50(3)4)82-70(94)53(10-7-8-22-80-72(96)76(77,78)79)40-57(90)47-107-46-56(89)11-9-24-99-26-28-101-30-32-103-34-36-105-38-39-106-37-35-104-33-31-102-29-27-100-25-23-85-44-54(83-84-85)16-19-66(91)52-14-12-51(13-15-52)43-87-67(92)20-21-68(87)93;/h17-18,20-21,41-42,44,50-53,64,88H,5-16,19,22-40,43,45-49H2,1-4H3,(H,80,96)(H,82,94);1H4. The zero-order chi connectivity index (χ0) is 79.0. The minimum Gasteiger partial charge on any atom is -0.508 e. The van der Waals surface area contributed by atoms with Crippen LogP contribution in [0.5, 0.6) is 5.75 Å². The number of fused-ring (bicyclic) bond motifs is 5. The highest BCUT2D eigenvalue weighted by molar-refractivity contribution is 6.12. The number of ether oxygens (including phenoxy) is 12. The normalized spacial score (nSPS) is 17.1. The first-order valence-electron chi connectivity index (χ1n) is 37.8. The number of carbonyl (C=O) groups excluding carboxylic acids is 9. The number of ketones is 3. The summed E-state index contributed by atoms with van der Waals surface area (Å²) in [5.41, 5.74) is 1.41. The molecule has 3 N–H and O–H groups in total. The maximum Gasteiger partial charge on any atom is 0.509 e. The van der Waals surface area contributed by atoms with Crippen LogP contribution in [-0.4, -0.2) is 238 Å². The van der Waals surface area contributed by atoms with Crippen LogP contribution >= 0.6 is 0 Å². The summed E-state index contributed by atoms with van der Waals surface area (Å²) in [6.45, 7) is 11.7. The van der Waals surface area contributed by atoms with Gasteiger partial charge in [0.2, 0.25) is 11.5 Å². The van der Waals surface area contributed by atoms with Crippen LogP contribution in [0.15, 0.2) is 47.4 Å². The van der Waals surface area contributed by atoms with Crippen molar-refractivity contribution in [3.8, 4) is 17.1 Å². The van der Waals surface area contributed by atoms with Crippen molar-refractivity contribution in [3.05, 3.63) is 80.9 Å².